The molecule has 0 fully saturated rings. The van der Waals surface area contributed by atoms with Crippen LogP contribution >= 0.6 is 0 Å². The van der Waals surface area contributed by atoms with Gasteiger partial charge in [0.15, 0.2) is 0 Å². The first-order valence-electron chi connectivity index (χ1n) is 15.2. The molecule has 0 saturated carbocycles. The second-order valence-electron chi connectivity index (χ2n) is 9.96. The summed E-state index contributed by atoms with van der Waals surface area (Å²) in [6.45, 7) is 6.98. The highest BCUT2D eigenvalue weighted by Crippen LogP contribution is 2.24. The van der Waals surface area contributed by atoms with E-state index in [2.05, 4.69) is 5.32 Å². The normalized spacial score (nSPS) is 10.8. The molecule has 0 aromatic heterocycles. The maximum atomic E-state index is 12.6. The SMILES string of the molecule is CCC(CC)C(=O)OCCOCCOCCOCCOc1ccc(C(=O)Oc2ccc(-c3ccc(C(=O)NC)cc3)cc2)cc1. The van der Waals surface area contributed by atoms with E-state index >= 15 is 0 Å². The fourth-order valence-corrected chi connectivity index (χ4v) is 4.23. The third-order valence-corrected chi connectivity index (χ3v) is 6.89. The maximum Gasteiger partial charge on any atom is 0.343 e. The predicted molar refractivity (Wildman–Crippen MR) is 170 cm³/mol. The van der Waals surface area contributed by atoms with E-state index in [1.54, 1.807) is 55.6 Å². The van der Waals surface area contributed by atoms with Gasteiger partial charge < -0.3 is 33.7 Å². The Morgan fingerprint density at radius 2 is 1.07 bits per heavy atom. The number of carbonyl (C=O) groups is 3. The van der Waals surface area contributed by atoms with Crippen LogP contribution in [0.4, 0.5) is 0 Å². The zero-order valence-electron chi connectivity index (χ0n) is 26.3. The van der Waals surface area contributed by atoms with Gasteiger partial charge in [-0.2, -0.15) is 0 Å². The molecule has 10 heteroatoms. The Morgan fingerprint density at radius 1 is 0.600 bits per heavy atom. The van der Waals surface area contributed by atoms with E-state index in [1.807, 2.05) is 38.1 Å². The molecule has 3 aromatic rings. The number of nitrogens with one attached hydrogen (secondary N) is 1. The van der Waals surface area contributed by atoms with Crippen LogP contribution in [-0.2, 0) is 23.7 Å². The minimum Gasteiger partial charge on any atom is -0.491 e. The predicted octanol–water partition coefficient (Wildman–Crippen LogP) is 5.34. The van der Waals surface area contributed by atoms with Gasteiger partial charge in [0.1, 0.15) is 24.7 Å². The molecule has 0 saturated heterocycles. The topological polar surface area (TPSA) is 119 Å². The van der Waals surface area contributed by atoms with Crippen LogP contribution < -0.4 is 14.8 Å². The fraction of sp³-hybridized carbons (Fsp3) is 0.400. The van der Waals surface area contributed by atoms with Crippen LogP contribution in [0, 0.1) is 5.92 Å². The molecule has 45 heavy (non-hydrogen) atoms. The molecule has 3 aromatic carbocycles. The first-order valence-corrected chi connectivity index (χ1v) is 15.2. The first-order chi connectivity index (χ1) is 21.9. The number of hydrogen-bond acceptors (Lipinski definition) is 9. The Bertz CT molecular complexity index is 1300. The molecule has 0 aliphatic carbocycles. The van der Waals surface area contributed by atoms with E-state index in [0.717, 1.165) is 24.0 Å². The number of hydrogen-bond donors (Lipinski definition) is 1. The third-order valence-electron chi connectivity index (χ3n) is 6.89. The third kappa shape index (κ3) is 12.3. The Morgan fingerprint density at radius 3 is 1.60 bits per heavy atom. The monoisotopic (exact) mass is 621 g/mol. The van der Waals surface area contributed by atoms with Crippen LogP contribution in [0.2, 0.25) is 0 Å². The van der Waals surface area contributed by atoms with Gasteiger partial charge >= 0.3 is 11.9 Å². The van der Waals surface area contributed by atoms with Crippen LogP contribution in [0.25, 0.3) is 11.1 Å². The van der Waals surface area contributed by atoms with Gasteiger partial charge in [-0.25, -0.2) is 4.79 Å². The van der Waals surface area contributed by atoms with Crippen molar-refractivity contribution in [2.75, 3.05) is 59.9 Å². The molecular weight excluding hydrogens is 578 g/mol. The second kappa shape index (κ2) is 19.9. The van der Waals surface area contributed by atoms with Gasteiger partial charge in [-0.3, -0.25) is 9.59 Å². The molecular formula is C35H43NO9. The number of esters is 2. The summed E-state index contributed by atoms with van der Waals surface area (Å²) in [4.78, 5) is 36.1. The molecule has 1 amide bonds. The fourth-order valence-electron chi connectivity index (χ4n) is 4.23. The second-order valence-corrected chi connectivity index (χ2v) is 9.96. The van der Waals surface area contributed by atoms with E-state index in [1.165, 1.54) is 0 Å². The molecule has 0 aliphatic heterocycles. The highest BCUT2D eigenvalue weighted by atomic mass is 16.6. The summed E-state index contributed by atoms with van der Waals surface area (Å²) in [6, 6.07) is 21.1. The van der Waals surface area contributed by atoms with Gasteiger partial charge in [-0.05, 0) is 72.5 Å². The summed E-state index contributed by atoms with van der Waals surface area (Å²) in [7, 11) is 1.59. The summed E-state index contributed by atoms with van der Waals surface area (Å²) < 4.78 is 32.8. The Hall–Kier alpha value is -4.25. The van der Waals surface area contributed by atoms with E-state index in [9.17, 15) is 14.4 Å². The van der Waals surface area contributed by atoms with Gasteiger partial charge in [-0.15, -0.1) is 0 Å². The standard InChI is InChI=1S/C35H43NO9/c1-4-26(5-2)34(38)44-25-23-42-21-19-40-18-20-41-22-24-43-31-14-12-30(13-15-31)35(39)45-32-16-10-28(11-17-32)27-6-8-29(9-7-27)33(37)36-3/h6-17,26H,4-5,18-25H2,1-3H3,(H,36,37). The van der Waals surface area contributed by atoms with Crippen LogP contribution in [0.3, 0.4) is 0 Å². The van der Waals surface area contributed by atoms with E-state index < -0.39 is 5.97 Å². The lowest BCUT2D eigenvalue weighted by atomic mass is 10.0. The highest BCUT2D eigenvalue weighted by Gasteiger charge is 2.15. The van der Waals surface area contributed by atoms with Gasteiger partial charge in [0.05, 0.1) is 51.1 Å². The molecule has 0 unspecified atom stereocenters. The molecule has 0 radical (unpaired) electrons. The van der Waals surface area contributed by atoms with E-state index in [-0.39, 0.29) is 24.4 Å². The smallest absolute Gasteiger partial charge is 0.343 e. The molecule has 0 atom stereocenters. The van der Waals surface area contributed by atoms with Crippen molar-refractivity contribution in [3.63, 3.8) is 0 Å². The molecule has 0 spiro atoms. The minimum atomic E-state index is -0.474. The van der Waals surface area contributed by atoms with Crippen molar-refractivity contribution in [2.24, 2.45) is 5.92 Å². The molecule has 3 rings (SSSR count). The lowest BCUT2D eigenvalue weighted by Gasteiger charge is -2.12. The summed E-state index contributed by atoms with van der Waals surface area (Å²) in [6.07, 6.45) is 1.56. The average Bonchev–Trinajstić information content (AvgIpc) is 3.07. The summed E-state index contributed by atoms with van der Waals surface area (Å²) in [5.41, 5.74) is 2.87. The van der Waals surface area contributed by atoms with Crippen LogP contribution in [-0.4, -0.2) is 77.7 Å². The Labute approximate surface area is 264 Å². The first kappa shape index (κ1) is 35.2. The lowest BCUT2D eigenvalue weighted by Crippen LogP contribution is -2.19. The van der Waals surface area contributed by atoms with Crippen LogP contribution in [0.1, 0.15) is 47.4 Å². The van der Waals surface area contributed by atoms with Crippen molar-refractivity contribution in [1.29, 1.82) is 0 Å². The number of amides is 1. The molecule has 242 valence electrons. The average molecular weight is 622 g/mol. The van der Waals surface area contributed by atoms with Crippen molar-refractivity contribution >= 4 is 17.8 Å². The summed E-state index contributed by atoms with van der Waals surface area (Å²) >= 11 is 0. The van der Waals surface area contributed by atoms with Crippen LogP contribution in [0.15, 0.2) is 72.8 Å². The van der Waals surface area contributed by atoms with Gasteiger partial charge in [0.2, 0.25) is 0 Å². The van der Waals surface area contributed by atoms with Gasteiger partial charge in [-0.1, -0.05) is 38.1 Å². The van der Waals surface area contributed by atoms with Crippen molar-refractivity contribution in [1.82, 2.24) is 5.32 Å². The summed E-state index contributed by atoms with van der Waals surface area (Å²) in [5, 5.41) is 2.60. The van der Waals surface area contributed by atoms with Crippen molar-refractivity contribution in [2.45, 2.75) is 26.7 Å². The highest BCUT2D eigenvalue weighted by molar-refractivity contribution is 5.94. The van der Waals surface area contributed by atoms with Crippen molar-refractivity contribution in [3.05, 3.63) is 83.9 Å². The number of rotatable bonds is 20. The van der Waals surface area contributed by atoms with Gasteiger partial charge in [0.25, 0.3) is 5.91 Å². The minimum absolute atomic E-state index is 0.0396. The van der Waals surface area contributed by atoms with Crippen molar-refractivity contribution in [3.8, 4) is 22.6 Å². The molecule has 0 heterocycles. The van der Waals surface area contributed by atoms with E-state index in [4.69, 9.17) is 28.4 Å². The van der Waals surface area contributed by atoms with E-state index in [0.29, 0.717) is 68.9 Å². The number of ether oxygens (including phenoxy) is 6. The quantitative estimate of drug-likeness (QED) is 0.101. The maximum absolute atomic E-state index is 12.6. The molecule has 0 bridgehead atoms. The molecule has 1 N–H and O–H groups in total. The zero-order valence-corrected chi connectivity index (χ0v) is 26.3. The van der Waals surface area contributed by atoms with Crippen molar-refractivity contribution < 1.29 is 42.8 Å². The summed E-state index contributed by atoms with van der Waals surface area (Å²) in [5.74, 6) is 0.221. The van der Waals surface area contributed by atoms with Gasteiger partial charge in [0, 0.05) is 12.6 Å². The molecule has 0 aliphatic rings. The molecule has 10 nitrogen and oxygen atoms in total. The Kier molecular flexibility index (Phi) is 15.6. The number of benzene rings is 3. The number of carbonyl (C=O) groups excluding carboxylic acids is 3. The zero-order chi connectivity index (χ0) is 32.3. The lowest BCUT2D eigenvalue weighted by molar-refractivity contribution is -0.150. The van der Waals surface area contributed by atoms with Crippen LogP contribution in [0.5, 0.6) is 11.5 Å². The Balaban J connectivity index is 1.24. The largest absolute Gasteiger partial charge is 0.491 e.